The molecule has 2 heterocycles. The number of morpholine rings is 1. The molecule has 0 unspecified atom stereocenters. The van der Waals surface area contributed by atoms with Crippen molar-refractivity contribution >= 4 is 40.9 Å². The summed E-state index contributed by atoms with van der Waals surface area (Å²) in [4.78, 5) is 27.3. The number of amides is 2. The SMILES string of the molecule is C[C@H]1CN(C(=O)C[C@@H]2Sc3ccc(Cl)cc3NC2=O)CCO1. The molecule has 118 valence electrons. The summed E-state index contributed by atoms with van der Waals surface area (Å²) in [6, 6.07) is 5.38. The van der Waals surface area contributed by atoms with Crippen molar-refractivity contribution in [1.82, 2.24) is 4.90 Å². The molecular weight excluding hydrogens is 324 g/mol. The topological polar surface area (TPSA) is 58.6 Å². The lowest BCUT2D eigenvalue weighted by Crippen LogP contribution is -2.46. The van der Waals surface area contributed by atoms with Crippen LogP contribution in [0.1, 0.15) is 13.3 Å². The number of thioether (sulfide) groups is 1. The molecule has 2 aliphatic heterocycles. The Labute approximate surface area is 138 Å². The predicted molar refractivity (Wildman–Crippen MR) is 86.3 cm³/mol. The summed E-state index contributed by atoms with van der Waals surface area (Å²) in [5.74, 6) is -0.144. The van der Waals surface area contributed by atoms with Crippen LogP contribution in [0.25, 0.3) is 0 Å². The first-order chi connectivity index (χ1) is 10.5. The Morgan fingerprint density at radius 1 is 1.55 bits per heavy atom. The van der Waals surface area contributed by atoms with E-state index in [0.29, 0.717) is 30.4 Å². The van der Waals surface area contributed by atoms with Crippen LogP contribution in [0.3, 0.4) is 0 Å². The highest BCUT2D eigenvalue weighted by Gasteiger charge is 2.31. The van der Waals surface area contributed by atoms with Gasteiger partial charge in [0.2, 0.25) is 11.8 Å². The number of hydrogen-bond acceptors (Lipinski definition) is 4. The molecule has 7 heteroatoms. The van der Waals surface area contributed by atoms with Gasteiger partial charge in [0, 0.05) is 29.4 Å². The van der Waals surface area contributed by atoms with Crippen LogP contribution in [0.4, 0.5) is 5.69 Å². The Balaban J connectivity index is 1.67. The van der Waals surface area contributed by atoms with E-state index in [1.807, 2.05) is 13.0 Å². The number of carbonyl (C=O) groups excluding carboxylic acids is 2. The Bertz CT molecular complexity index is 610. The zero-order valence-corrected chi connectivity index (χ0v) is 13.7. The maximum atomic E-state index is 12.4. The van der Waals surface area contributed by atoms with Gasteiger partial charge in [0.05, 0.1) is 23.6 Å². The summed E-state index contributed by atoms with van der Waals surface area (Å²) in [6.45, 7) is 3.68. The van der Waals surface area contributed by atoms with Gasteiger partial charge >= 0.3 is 0 Å². The number of rotatable bonds is 2. The van der Waals surface area contributed by atoms with Crippen LogP contribution in [0, 0.1) is 0 Å². The van der Waals surface area contributed by atoms with Crippen LogP contribution in [0.2, 0.25) is 5.02 Å². The standard InChI is InChI=1S/C15H17ClN2O3S/c1-9-8-18(4-5-21-9)14(19)7-13-15(20)17-11-6-10(16)2-3-12(11)22-13/h2-3,6,9,13H,4-5,7-8H2,1H3,(H,17,20)/t9-,13-/m0/s1. The fourth-order valence-electron chi connectivity index (χ4n) is 2.59. The van der Waals surface area contributed by atoms with Crippen molar-refractivity contribution in [2.45, 2.75) is 29.6 Å². The van der Waals surface area contributed by atoms with Gasteiger partial charge in [-0.25, -0.2) is 0 Å². The van der Waals surface area contributed by atoms with Crippen molar-refractivity contribution in [3.8, 4) is 0 Å². The van der Waals surface area contributed by atoms with E-state index in [1.165, 1.54) is 11.8 Å². The molecule has 0 aliphatic carbocycles. The monoisotopic (exact) mass is 340 g/mol. The number of carbonyl (C=O) groups is 2. The summed E-state index contributed by atoms with van der Waals surface area (Å²) in [7, 11) is 0. The van der Waals surface area contributed by atoms with Crippen molar-refractivity contribution in [3.63, 3.8) is 0 Å². The van der Waals surface area contributed by atoms with Gasteiger partial charge in [-0.2, -0.15) is 0 Å². The second-order valence-corrected chi connectivity index (χ2v) is 7.14. The number of anilines is 1. The number of fused-ring (bicyclic) bond motifs is 1. The molecular formula is C15H17ClN2O3S. The lowest BCUT2D eigenvalue weighted by molar-refractivity contribution is -0.139. The van der Waals surface area contributed by atoms with Gasteiger partial charge in [-0.1, -0.05) is 11.6 Å². The quantitative estimate of drug-likeness (QED) is 0.898. The maximum absolute atomic E-state index is 12.4. The minimum absolute atomic E-state index is 0.000198. The van der Waals surface area contributed by atoms with Crippen LogP contribution in [0.5, 0.6) is 0 Å². The van der Waals surface area contributed by atoms with Crippen LogP contribution in [-0.4, -0.2) is 47.8 Å². The normalized spacial score (nSPS) is 24.6. The molecule has 0 saturated carbocycles. The molecule has 1 aromatic rings. The van der Waals surface area contributed by atoms with Crippen molar-refractivity contribution in [2.75, 3.05) is 25.0 Å². The largest absolute Gasteiger partial charge is 0.375 e. The van der Waals surface area contributed by atoms with Gasteiger partial charge in [0.1, 0.15) is 0 Å². The third-order valence-electron chi connectivity index (χ3n) is 3.71. The molecule has 1 aromatic carbocycles. The molecule has 22 heavy (non-hydrogen) atoms. The molecule has 0 bridgehead atoms. The van der Waals surface area contributed by atoms with E-state index in [4.69, 9.17) is 16.3 Å². The summed E-state index contributed by atoms with van der Waals surface area (Å²) < 4.78 is 5.44. The smallest absolute Gasteiger partial charge is 0.238 e. The third kappa shape index (κ3) is 3.39. The molecule has 1 saturated heterocycles. The highest BCUT2D eigenvalue weighted by Crippen LogP contribution is 2.38. The second kappa shape index (κ2) is 6.48. The highest BCUT2D eigenvalue weighted by atomic mass is 35.5. The molecule has 0 spiro atoms. The van der Waals surface area contributed by atoms with Gasteiger partial charge in [0.25, 0.3) is 0 Å². The number of nitrogens with one attached hydrogen (secondary N) is 1. The Hall–Kier alpha value is -1.24. The highest BCUT2D eigenvalue weighted by molar-refractivity contribution is 8.01. The van der Waals surface area contributed by atoms with E-state index in [2.05, 4.69) is 5.32 Å². The summed E-state index contributed by atoms with van der Waals surface area (Å²) in [6.07, 6.45) is 0.249. The summed E-state index contributed by atoms with van der Waals surface area (Å²) in [5, 5.41) is 3.00. The molecule has 1 fully saturated rings. The van der Waals surface area contributed by atoms with Crippen molar-refractivity contribution in [3.05, 3.63) is 23.2 Å². The van der Waals surface area contributed by atoms with E-state index in [-0.39, 0.29) is 24.3 Å². The van der Waals surface area contributed by atoms with E-state index in [0.717, 1.165) is 4.90 Å². The second-order valence-electron chi connectivity index (χ2n) is 5.46. The summed E-state index contributed by atoms with van der Waals surface area (Å²) in [5.41, 5.74) is 0.714. The maximum Gasteiger partial charge on any atom is 0.238 e. The number of ether oxygens (including phenoxy) is 1. The molecule has 5 nitrogen and oxygen atoms in total. The van der Waals surface area contributed by atoms with E-state index in [1.54, 1.807) is 17.0 Å². The fraction of sp³-hybridized carbons (Fsp3) is 0.467. The minimum Gasteiger partial charge on any atom is -0.375 e. The Morgan fingerprint density at radius 2 is 2.36 bits per heavy atom. The van der Waals surface area contributed by atoms with Gasteiger partial charge < -0.3 is 15.0 Å². The molecule has 0 radical (unpaired) electrons. The third-order valence-corrected chi connectivity index (χ3v) is 5.23. The fourth-order valence-corrected chi connectivity index (χ4v) is 3.84. The van der Waals surface area contributed by atoms with Crippen LogP contribution in [0.15, 0.2) is 23.1 Å². The average molecular weight is 341 g/mol. The van der Waals surface area contributed by atoms with Gasteiger partial charge in [-0.05, 0) is 25.1 Å². The predicted octanol–water partition coefficient (Wildman–Crippen LogP) is 2.39. The first kappa shape index (κ1) is 15.6. The van der Waals surface area contributed by atoms with Crippen molar-refractivity contribution in [2.24, 2.45) is 0 Å². The molecule has 2 amide bonds. The molecule has 2 atom stereocenters. The zero-order valence-electron chi connectivity index (χ0n) is 12.2. The molecule has 1 N–H and O–H groups in total. The van der Waals surface area contributed by atoms with Gasteiger partial charge in [-0.3, -0.25) is 9.59 Å². The van der Waals surface area contributed by atoms with E-state index >= 15 is 0 Å². The lowest BCUT2D eigenvalue weighted by Gasteiger charge is -2.32. The number of hydrogen-bond donors (Lipinski definition) is 1. The van der Waals surface area contributed by atoms with Crippen LogP contribution >= 0.6 is 23.4 Å². The van der Waals surface area contributed by atoms with Crippen molar-refractivity contribution < 1.29 is 14.3 Å². The summed E-state index contributed by atoms with van der Waals surface area (Å²) >= 11 is 7.34. The van der Waals surface area contributed by atoms with Crippen LogP contribution < -0.4 is 5.32 Å². The van der Waals surface area contributed by atoms with Crippen LogP contribution in [-0.2, 0) is 14.3 Å². The Kier molecular flexibility index (Phi) is 4.61. The first-order valence-electron chi connectivity index (χ1n) is 7.19. The lowest BCUT2D eigenvalue weighted by atomic mass is 10.2. The first-order valence-corrected chi connectivity index (χ1v) is 8.45. The number of halogens is 1. The van der Waals surface area contributed by atoms with E-state index in [9.17, 15) is 9.59 Å². The van der Waals surface area contributed by atoms with Gasteiger partial charge in [-0.15, -0.1) is 11.8 Å². The molecule has 2 aliphatic rings. The van der Waals surface area contributed by atoms with E-state index < -0.39 is 5.25 Å². The molecule has 3 rings (SSSR count). The minimum atomic E-state index is -0.403. The average Bonchev–Trinajstić information content (AvgIpc) is 2.48. The van der Waals surface area contributed by atoms with Crippen molar-refractivity contribution in [1.29, 1.82) is 0 Å². The molecule has 0 aromatic heterocycles. The zero-order chi connectivity index (χ0) is 15.7. The number of nitrogens with zero attached hydrogens (tertiary/aromatic N) is 1. The Morgan fingerprint density at radius 3 is 3.14 bits per heavy atom. The van der Waals surface area contributed by atoms with Gasteiger partial charge in [0.15, 0.2) is 0 Å². The number of benzene rings is 1.